The molecule has 1 saturated heterocycles. The van der Waals surface area contributed by atoms with E-state index in [1.807, 2.05) is 37.4 Å². The van der Waals surface area contributed by atoms with Crippen molar-refractivity contribution in [3.63, 3.8) is 0 Å². The van der Waals surface area contributed by atoms with Crippen LogP contribution in [-0.4, -0.2) is 81.1 Å². The SMILES string of the molecule is C=C(C)OC(COC)CN1CCC(Nc2cccc3c2cc(C#CCNc2ccc(SC)cc2OC)n3CC(F)(F)F)CC1. The Morgan fingerprint density at radius 2 is 1.91 bits per heavy atom. The smallest absolute Gasteiger partial charge is 0.406 e. The van der Waals surface area contributed by atoms with E-state index in [1.165, 1.54) is 4.57 Å². The zero-order chi connectivity index (χ0) is 31.7. The number of alkyl halides is 3. The predicted molar refractivity (Wildman–Crippen MR) is 173 cm³/mol. The normalized spacial score (nSPS) is 15.0. The minimum absolute atomic E-state index is 0.0818. The summed E-state index contributed by atoms with van der Waals surface area (Å²) in [6.45, 7) is 7.78. The van der Waals surface area contributed by atoms with E-state index in [-0.39, 0.29) is 18.7 Å². The second-order valence-corrected chi connectivity index (χ2v) is 11.7. The Bertz CT molecular complexity index is 1470. The first kappa shape index (κ1) is 33.4. The summed E-state index contributed by atoms with van der Waals surface area (Å²) in [5.74, 6) is 7.32. The maximum Gasteiger partial charge on any atom is 0.406 e. The lowest BCUT2D eigenvalue weighted by Gasteiger charge is -2.35. The predicted octanol–water partition coefficient (Wildman–Crippen LogP) is 6.84. The van der Waals surface area contributed by atoms with Gasteiger partial charge in [-0.15, -0.1) is 11.8 Å². The van der Waals surface area contributed by atoms with Crippen LogP contribution in [-0.2, 0) is 16.0 Å². The molecule has 0 amide bonds. The van der Waals surface area contributed by atoms with Gasteiger partial charge in [0.15, 0.2) is 0 Å². The van der Waals surface area contributed by atoms with Crippen LogP contribution in [0.4, 0.5) is 24.5 Å². The maximum absolute atomic E-state index is 13.7. The van der Waals surface area contributed by atoms with Gasteiger partial charge < -0.3 is 29.4 Å². The van der Waals surface area contributed by atoms with Crippen LogP contribution < -0.4 is 15.4 Å². The molecule has 1 aromatic heterocycles. The molecule has 4 rings (SSSR count). The number of halogens is 3. The summed E-state index contributed by atoms with van der Waals surface area (Å²) in [4.78, 5) is 3.41. The summed E-state index contributed by atoms with van der Waals surface area (Å²) >= 11 is 1.61. The molecule has 238 valence electrons. The topological polar surface area (TPSA) is 59.9 Å². The number of rotatable bonds is 13. The Morgan fingerprint density at radius 1 is 1.14 bits per heavy atom. The van der Waals surface area contributed by atoms with E-state index in [4.69, 9.17) is 14.2 Å². The highest BCUT2D eigenvalue weighted by Gasteiger charge is 2.30. The lowest BCUT2D eigenvalue weighted by molar-refractivity contribution is -0.140. The third-order valence-electron chi connectivity index (χ3n) is 7.40. The molecule has 0 spiro atoms. The molecule has 2 heterocycles. The van der Waals surface area contributed by atoms with E-state index in [1.54, 1.807) is 44.2 Å². The van der Waals surface area contributed by atoms with Crippen molar-refractivity contribution in [3.8, 4) is 17.6 Å². The van der Waals surface area contributed by atoms with Gasteiger partial charge in [-0.05, 0) is 68.3 Å². The van der Waals surface area contributed by atoms with Gasteiger partial charge in [-0.3, -0.25) is 4.90 Å². The number of ether oxygens (including phenoxy) is 3. The van der Waals surface area contributed by atoms with Crippen LogP contribution in [0.25, 0.3) is 10.9 Å². The molecule has 1 aliphatic rings. The Morgan fingerprint density at radius 3 is 2.57 bits per heavy atom. The number of hydrogen-bond donors (Lipinski definition) is 2. The van der Waals surface area contributed by atoms with Crippen molar-refractivity contribution in [2.45, 2.75) is 49.5 Å². The molecule has 3 aromatic rings. The lowest BCUT2D eigenvalue weighted by Crippen LogP contribution is -2.44. The fraction of sp³-hybridized carbons (Fsp3) is 0.455. The van der Waals surface area contributed by atoms with E-state index in [0.29, 0.717) is 29.3 Å². The maximum atomic E-state index is 13.7. The third-order valence-corrected chi connectivity index (χ3v) is 8.13. The molecule has 1 fully saturated rings. The molecule has 2 N–H and O–H groups in total. The molecule has 0 radical (unpaired) electrons. The van der Waals surface area contributed by atoms with Gasteiger partial charge in [0.2, 0.25) is 0 Å². The number of thioether (sulfide) groups is 1. The zero-order valence-electron chi connectivity index (χ0n) is 25.7. The minimum atomic E-state index is -4.39. The van der Waals surface area contributed by atoms with E-state index in [0.717, 1.165) is 54.1 Å². The number of methoxy groups -OCH3 is 2. The van der Waals surface area contributed by atoms with Crippen molar-refractivity contribution in [3.05, 3.63) is 60.5 Å². The molecule has 0 aliphatic carbocycles. The van der Waals surface area contributed by atoms with E-state index >= 15 is 0 Å². The molecule has 1 atom stereocenters. The van der Waals surface area contributed by atoms with E-state index < -0.39 is 12.7 Å². The van der Waals surface area contributed by atoms with Crippen LogP contribution in [0.1, 0.15) is 25.5 Å². The van der Waals surface area contributed by atoms with Crippen molar-refractivity contribution in [1.82, 2.24) is 9.47 Å². The number of allylic oxidation sites excluding steroid dienone is 1. The van der Waals surface area contributed by atoms with Crippen LogP contribution >= 0.6 is 11.8 Å². The highest BCUT2D eigenvalue weighted by Crippen LogP contribution is 2.32. The summed E-state index contributed by atoms with van der Waals surface area (Å²) in [6, 6.07) is 13.2. The number of piperidine rings is 1. The number of aromatic nitrogens is 1. The first-order valence-corrected chi connectivity index (χ1v) is 15.8. The Kier molecular flexibility index (Phi) is 11.8. The second kappa shape index (κ2) is 15.5. The Labute approximate surface area is 262 Å². The van der Waals surface area contributed by atoms with Crippen molar-refractivity contribution < 1.29 is 27.4 Å². The summed E-state index contributed by atoms with van der Waals surface area (Å²) < 4.78 is 58.8. The van der Waals surface area contributed by atoms with Crippen LogP contribution in [0, 0.1) is 11.8 Å². The van der Waals surface area contributed by atoms with Gasteiger partial charge in [0.25, 0.3) is 0 Å². The molecule has 1 unspecified atom stereocenters. The number of fused-ring (bicyclic) bond motifs is 1. The van der Waals surface area contributed by atoms with Crippen molar-refractivity contribution >= 4 is 34.0 Å². The standard InChI is InChI=1S/C33H41F3N4O3S/c1-23(2)43-26(21-41-3)20-39-16-13-24(14-17-39)38-29-9-6-10-31-28(29)18-25(40(31)22-33(34,35)36)8-7-15-37-30-12-11-27(44-5)19-32(30)42-4/h6,9-12,18-19,24,26,37-38H,1,13-17,20-22H2,2-5H3. The molecule has 1 aliphatic heterocycles. The van der Waals surface area contributed by atoms with Gasteiger partial charge in [-0.25, -0.2) is 0 Å². The van der Waals surface area contributed by atoms with E-state index in [9.17, 15) is 13.2 Å². The average molecular weight is 631 g/mol. The molecule has 0 bridgehead atoms. The Balaban J connectivity index is 1.48. The highest BCUT2D eigenvalue weighted by molar-refractivity contribution is 7.98. The fourth-order valence-electron chi connectivity index (χ4n) is 5.44. The number of nitrogens with one attached hydrogen (secondary N) is 2. The van der Waals surface area contributed by atoms with Crippen LogP contribution in [0.5, 0.6) is 5.75 Å². The number of nitrogens with zero attached hydrogens (tertiary/aromatic N) is 2. The Hall–Kier alpha value is -3.46. The fourth-order valence-corrected chi connectivity index (χ4v) is 5.87. The molecule has 11 heteroatoms. The monoisotopic (exact) mass is 630 g/mol. The molecular weight excluding hydrogens is 589 g/mol. The van der Waals surface area contributed by atoms with Gasteiger partial charge in [-0.2, -0.15) is 13.2 Å². The highest BCUT2D eigenvalue weighted by atomic mass is 32.2. The summed E-state index contributed by atoms with van der Waals surface area (Å²) in [5, 5.41) is 7.53. The van der Waals surface area contributed by atoms with Crippen LogP contribution in [0.3, 0.4) is 0 Å². The molecule has 44 heavy (non-hydrogen) atoms. The minimum Gasteiger partial charge on any atom is -0.495 e. The van der Waals surface area contributed by atoms with Gasteiger partial charge in [0.1, 0.15) is 18.4 Å². The van der Waals surface area contributed by atoms with Crippen LogP contribution in [0.15, 0.2) is 59.7 Å². The lowest BCUT2D eigenvalue weighted by atomic mass is 10.0. The van der Waals surface area contributed by atoms with Crippen molar-refractivity contribution in [2.24, 2.45) is 0 Å². The third kappa shape index (κ3) is 9.27. The number of benzene rings is 2. The number of anilines is 2. The summed E-state index contributed by atoms with van der Waals surface area (Å²) in [5.41, 5.74) is 2.39. The van der Waals surface area contributed by atoms with Crippen molar-refractivity contribution in [1.29, 1.82) is 0 Å². The van der Waals surface area contributed by atoms with Gasteiger partial charge in [-0.1, -0.05) is 18.6 Å². The number of likely N-dealkylation sites (tertiary alicyclic amines) is 1. The first-order chi connectivity index (χ1) is 21.1. The van der Waals surface area contributed by atoms with Crippen molar-refractivity contribution in [2.75, 3.05) is 63.9 Å². The van der Waals surface area contributed by atoms with Crippen LogP contribution in [0.2, 0.25) is 0 Å². The number of hydrogen-bond acceptors (Lipinski definition) is 7. The molecule has 7 nitrogen and oxygen atoms in total. The quantitative estimate of drug-likeness (QED) is 0.122. The molecule has 0 saturated carbocycles. The molecular formula is C33H41F3N4O3S. The van der Waals surface area contributed by atoms with Gasteiger partial charge >= 0.3 is 6.18 Å². The summed E-state index contributed by atoms with van der Waals surface area (Å²) in [6.07, 6.45) is -0.698. The molecule has 2 aromatic carbocycles. The zero-order valence-corrected chi connectivity index (χ0v) is 26.5. The largest absolute Gasteiger partial charge is 0.495 e. The van der Waals surface area contributed by atoms with Gasteiger partial charge in [0.05, 0.1) is 42.9 Å². The van der Waals surface area contributed by atoms with E-state index in [2.05, 4.69) is 34.0 Å². The second-order valence-electron chi connectivity index (χ2n) is 10.8. The van der Waals surface area contributed by atoms with Gasteiger partial charge in [0, 0.05) is 48.8 Å². The average Bonchev–Trinajstić information content (AvgIpc) is 3.32. The first-order valence-electron chi connectivity index (χ1n) is 14.5. The summed E-state index contributed by atoms with van der Waals surface area (Å²) in [7, 11) is 3.25.